The minimum absolute atomic E-state index is 0. The number of nitrogens with two attached hydrogens (primary N) is 1. The highest BCUT2D eigenvalue weighted by Crippen LogP contribution is 2.18. The second kappa shape index (κ2) is 9.85. The molecule has 0 saturated carbocycles. The molecule has 1 unspecified atom stereocenters. The van der Waals surface area contributed by atoms with Gasteiger partial charge in [-0.2, -0.15) is 0 Å². The standard InChI is InChI=1S/C19H24N2O4S.ClH/c1-13(2)14-4-6-15(7-5-14)18(20)12-21-26(23,24)17-10-8-16(9-11-17)19(22)25-3;/h4-11,13,18,21H,12,20H2,1-3H3;1H. The topological polar surface area (TPSA) is 98.5 Å². The molecular formula is C19H25ClN2O4S. The molecule has 27 heavy (non-hydrogen) atoms. The highest BCUT2D eigenvalue weighted by atomic mass is 35.5. The lowest BCUT2D eigenvalue weighted by molar-refractivity contribution is 0.0600. The average molecular weight is 413 g/mol. The Bertz CT molecular complexity index is 850. The van der Waals surface area contributed by atoms with E-state index >= 15 is 0 Å². The molecule has 2 rings (SSSR count). The maximum absolute atomic E-state index is 12.4. The van der Waals surface area contributed by atoms with Gasteiger partial charge in [0.2, 0.25) is 10.0 Å². The normalized spacial score (nSPS) is 12.3. The van der Waals surface area contributed by atoms with E-state index in [4.69, 9.17) is 5.73 Å². The Morgan fingerprint density at radius 3 is 2.04 bits per heavy atom. The molecular weight excluding hydrogens is 388 g/mol. The first-order valence-corrected chi connectivity index (χ1v) is 9.76. The maximum atomic E-state index is 12.4. The highest BCUT2D eigenvalue weighted by molar-refractivity contribution is 7.89. The summed E-state index contributed by atoms with van der Waals surface area (Å²) in [5.74, 6) is -0.0967. The fourth-order valence-electron chi connectivity index (χ4n) is 2.42. The van der Waals surface area contributed by atoms with Gasteiger partial charge in [0.15, 0.2) is 0 Å². The van der Waals surface area contributed by atoms with Crippen molar-refractivity contribution in [2.45, 2.75) is 30.7 Å². The minimum Gasteiger partial charge on any atom is -0.465 e. The van der Waals surface area contributed by atoms with Crippen molar-refractivity contribution in [3.05, 3.63) is 65.2 Å². The second-order valence-electron chi connectivity index (χ2n) is 6.30. The van der Waals surface area contributed by atoms with Gasteiger partial charge in [-0.05, 0) is 41.3 Å². The minimum atomic E-state index is -3.72. The molecule has 0 aromatic heterocycles. The zero-order valence-corrected chi connectivity index (χ0v) is 17.1. The molecule has 0 spiro atoms. The van der Waals surface area contributed by atoms with E-state index in [1.54, 1.807) is 0 Å². The van der Waals surface area contributed by atoms with Gasteiger partial charge in [-0.3, -0.25) is 0 Å². The molecule has 0 amide bonds. The van der Waals surface area contributed by atoms with Gasteiger partial charge in [0.05, 0.1) is 17.6 Å². The molecule has 148 valence electrons. The first kappa shape index (κ1) is 23.1. The monoisotopic (exact) mass is 412 g/mol. The van der Waals surface area contributed by atoms with Crippen LogP contribution in [0, 0.1) is 0 Å². The van der Waals surface area contributed by atoms with Crippen LogP contribution in [0.4, 0.5) is 0 Å². The fraction of sp³-hybridized carbons (Fsp3) is 0.316. The van der Waals surface area contributed by atoms with Crippen molar-refractivity contribution in [1.82, 2.24) is 4.72 Å². The molecule has 0 aliphatic carbocycles. The van der Waals surface area contributed by atoms with Crippen LogP contribution in [0.25, 0.3) is 0 Å². The lowest BCUT2D eigenvalue weighted by Crippen LogP contribution is -2.32. The van der Waals surface area contributed by atoms with Crippen LogP contribution in [-0.4, -0.2) is 28.0 Å². The van der Waals surface area contributed by atoms with Crippen molar-refractivity contribution in [1.29, 1.82) is 0 Å². The van der Waals surface area contributed by atoms with Crippen LogP contribution in [0.5, 0.6) is 0 Å². The van der Waals surface area contributed by atoms with Crippen molar-refractivity contribution in [2.24, 2.45) is 5.73 Å². The second-order valence-corrected chi connectivity index (χ2v) is 8.06. The number of rotatable bonds is 7. The third-order valence-corrected chi connectivity index (χ3v) is 5.55. The first-order chi connectivity index (χ1) is 12.2. The zero-order chi connectivity index (χ0) is 19.3. The number of sulfonamides is 1. The number of methoxy groups -OCH3 is 1. The van der Waals surface area contributed by atoms with Crippen LogP contribution in [0.2, 0.25) is 0 Å². The Morgan fingerprint density at radius 2 is 1.56 bits per heavy atom. The van der Waals surface area contributed by atoms with E-state index < -0.39 is 22.0 Å². The molecule has 0 radical (unpaired) electrons. The summed E-state index contributed by atoms with van der Waals surface area (Å²) >= 11 is 0. The zero-order valence-electron chi connectivity index (χ0n) is 15.5. The lowest BCUT2D eigenvalue weighted by Gasteiger charge is -2.15. The molecule has 0 aliphatic heterocycles. The largest absolute Gasteiger partial charge is 0.465 e. The van der Waals surface area contributed by atoms with Gasteiger partial charge in [0, 0.05) is 12.6 Å². The van der Waals surface area contributed by atoms with Crippen LogP contribution < -0.4 is 10.5 Å². The Morgan fingerprint density at radius 1 is 1.04 bits per heavy atom. The smallest absolute Gasteiger partial charge is 0.337 e. The molecule has 0 bridgehead atoms. The van der Waals surface area contributed by atoms with Gasteiger partial charge >= 0.3 is 5.97 Å². The van der Waals surface area contributed by atoms with E-state index in [0.29, 0.717) is 5.92 Å². The molecule has 2 aromatic carbocycles. The van der Waals surface area contributed by atoms with Gasteiger partial charge in [0.25, 0.3) is 0 Å². The molecule has 2 aromatic rings. The number of hydrogen-bond acceptors (Lipinski definition) is 5. The molecule has 3 N–H and O–H groups in total. The number of carbonyl (C=O) groups is 1. The van der Waals surface area contributed by atoms with Crippen molar-refractivity contribution in [3.8, 4) is 0 Å². The van der Waals surface area contributed by atoms with Crippen LogP contribution in [0.15, 0.2) is 53.4 Å². The third kappa shape index (κ3) is 6.04. The van der Waals surface area contributed by atoms with E-state index in [-0.39, 0.29) is 29.4 Å². The Kier molecular flexibility index (Phi) is 8.43. The summed E-state index contributed by atoms with van der Waals surface area (Å²) in [4.78, 5) is 11.5. The summed E-state index contributed by atoms with van der Waals surface area (Å²) < 4.78 is 31.9. The van der Waals surface area contributed by atoms with Crippen LogP contribution in [-0.2, 0) is 14.8 Å². The van der Waals surface area contributed by atoms with Gasteiger partial charge in [-0.25, -0.2) is 17.9 Å². The number of halogens is 1. The van der Waals surface area contributed by atoms with Crippen LogP contribution in [0.3, 0.4) is 0 Å². The number of carbonyl (C=O) groups excluding carboxylic acids is 1. The molecule has 8 heteroatoms. The predicted octanol–water partition coefficient (Wildman–Crippen LogP) is 3.00. The number of esters is 1. The van der Waals surface area contributed by atoms with Gasteiger partial charge < -0.3 is 10.5 Å². The average Bonchev–Trinajstić information content (AvgIpc) is 2.65. The van der Waals surface area contributed by atoms with Crippen molar-refractivity contribution in [2.75, 3.05) is 13.7 Å². The Labute approximate surface area is 166 Å². The molecule has 0 aliphatic rings. The predicted molar refractivity (Wildman–Crippen MR) is 108 cm³/mol. The molecule has 1 atom stereocenters. The van der Waals surface area contributed by atoms with Gasteiger partial charge in [0.1, 0.15) is 0 Å². The van der Waals surface area contributed by atoms with Crippen molar-refractivity contribution in [3.63, 3.8) is 0 Å². The highest BCUT2D eigenvalue weighted by Gasteiger charge is 2.17. The Hall–Kier alpha value is -1.93. The summed E-state index contributed by atoms with van der Waals surface area (Å²) in [7, 11) is -2.45. The first-order valence-electron chi connectivity index (χ1n) is 8.28. The lowest BCUT2D eigenvalue weighted by atomic mass is 9.99. The summed E-state index contributed by atoms with van der Waals surface area (Å²) in [5.41, 5.74) is 8.45. The van der Waals surface area contributed by atoms with Crippen molar-refractivity contribution >= 4 is 28.4 Å². The van der Waals surface area contributed by atoms with E-state index in [1.165, 1.54) is 36.9 Å². The maximum Gasteiger partial charge on any atom is 0.337 e. The number of nitrogens with one attached hydrogen (secondary N) is 1. The summed E-state index contributed by atoms with van der Waals surface area (Å²) in [5, 5.41) is 0. The van der Waals surface area contributed by atoms with Gasteiger partial charge in [-0.15, -0.1) is 12.4 Å². The number of benzene rings is 2. The molecule has 0 fully saturated rings. The number of ether oxygens (including phenoxy) is 1. The van der Waals surface area contributed by atoms with Crippen molar-refractivity contribution < 1.29 is 17.9 Å². The quantitative estimate of drug-likeness (QED) is 0.681. The van der Waals surface area contributed by atoms with Crippen LogP contribution >= 0.6 is 12.4 Å². The fourth-order valence-corrected chi connectivity index (χ4v) is 3.48. The van der Waals surface area contributed by atoms with E-state index in [9.17, 15) is 13.2 Å². The Balaban J connectivity index is 0.00000364. The van der Waals surface area contributed by atoms with E-state index in [2.05, 4.69) is 23.3 Å². The van der Waals surface area contributed by atoms with E-state index in [1.807, 2.05) is 24.3 Å². The molecule has 6 nitrogen and oxygen atoms in total. The van der Waals surface area contributed by atoms with Crippen LogP contribution in [0.1, 0.15) is 47.3 Å². The summed E-state index contributed by atoms with van der Waals surface area (Å²) in [6, 6.07) is 12.9. The molecule has 0 saturated heterocycles. The number of hydrogen-bond donors (Lipinski definition) is 2. The van der Waals surface area contributed by atoms with E-state index in [0.717, 1.165) is 5.56 Å². The third-order valence-electron chi connectivity index (χ3n) is 4.11. The van der Waals surface area contributed by atoms with Gasteiger partial charge in [-0.1, -0.05) is 38.1 Å². The summed E-state index contributed by atoms with van der Waals surface area (Å²) in [6.07, 6.45) is 0. The SMILES string of the molecule is COC(=O)c1ccc(S(=O)(=O)NCC(N)c2ccc(C(C)C)cc2)cc1.Cl. The molecule has 0 heterocycles. The summed E-state index contributed by atoms with van der Waals surface area (Å²) in [6.45, 7) is 4.28.